The van der Waals surface area contributed by atoms with Gasteiger partial charge in [0, 0.05) is 5.56 Å². The Labute approximate surface area is 121 Å². The maximum atomic E-state index is 10.9. The van der Waals surface area contributed by atoms with Gasteiger partial charge in [-0.3, -0.25) is 5.10 Å². The summed E-state index contributed by atoms with van der Waals surface area (Å²) in [6.45, 7) is 0. The summed E-state index contributed by atoms with van der Waals surface area (Å²) >= 11 is 2.02. The van der Waals surface area contributed by atoms with Crippen molar-refractivity contribution >= 4 is 17.7 Å². The number of rotatable bonds is 3. The van der Waals surface area contributed by atoms with Gasteiger partial charge in [0.2, 0.25) is 0 Å². The largest absolute Gasteiger partial charge is 0.477 e. The molecule has 0 saturated carbocycles. The van der Waals surface area contributed by atoms with Crippen LogP contribution in [-0.2, 0) is 0 Å². The minimum absolute atomic E-state index is 0.125. The minimum Gasteiger partial charge on any atom is -0.477 e. The van der Waals surface area contributed by atoms with Gasteiger partial charge in [-0.25, -0.2) is 4.79 Å². The molecule has 0 unspecified atom stereocenters. The molecule has 0 bridgehead atoms. The molecule has 104 valence electrons. The second-order valence-corrected chi connectivity index (χ2v) is 6.21. The average molecular weight is 288 g/mol. The molecule has 2 aromatic rings. The Kier molecular flexibility index (Phi) is 3.78. The van der Waals surface area contributed by atoms with E-state index in [0.717, 1.165) is 5.56 Å². The maximum absolute atomic E-state index is 10.9. The van der Waals surface area contributed by atoms with E-state index < -0.39 is 5.97 Å². The Bertz CT molecular complexity index is 618. The molecule has 0 atom stereocenters. The van der Waals surface area contributed by atoms with Crippen molar-refractivity contribution < 1.29 is 9.90 Å². The number of aromatic amines is 1. The zero-order valence-electron chi connectivity index (χ0n) is 11.0. The molecule has 1 aromatic carbocycles. The second kappa shape index (κ2) is 5.71. The number of aromatic carboxylic acids is 1. The number of hydrogen-bond acceptors (Lipinski definition) is 3. The molecule has 4 nitrogen and oxygen atoms in total. The number of aromatic nitrogens is 2. The van der Waals surface area contributed by atoms with Gasteiger partial charge in [0.05, 0.1) is 5.69 Å². The van der Waals surface area contributed by atoms with Crippen LogP contribution < -0.4 is 0 Å². The molecule has 1 fully saturated rings. The van der Waals surface area contributed by atoms with Crippen LogP contribution in [0.25, 0.3) is 11.3 Å². The zero-order valence-corrected chi connectivity index (χ0v) is 11.8. The number of H-pyrrole nitrogens is 1. The summed E-state index contributed by atoms with van der Waals surface area (Å²) < 4.78 is 0. The Morgan fingerprint density at radius 2 is 2.10 bits per heavy atom. The number of carboxylic acid groups (broad SMARTS) is 1. The highest BCUT2D eigenvalue weighted by molar-refractivity contribution is 7.99. The van der Waals surface area contributed by atoms with Crippen LogP contribution in [0.5, 0.6) is 0 Å². The topological polar surface area (TPSA) is 66.0 Å². The normalized spacial score (nSPS) is 16.2. The third-order valence-electron chi connectivity index (χ3n) is 3.68. The maximum Gasteiger partial charge on any atom is 0.353 e. The highest BCUT2D eigenvalue weighted by atomic mass is 32.2. The number of nitrogens with one attached hydrogen (secondary N) is 1. The first-order chi connectivity index (χ1) is 9.74. The summed E-state index contributed by atoms with van der Waals surface area (Å²) in [6.07, 6.45) is 2.43. The average Bonchev–Trinajstić information content (AvgIpc) is 2.98. The fourth-order valence-corrected chi connectivity index (χ4v) is 3.67. The lowest BCUT2D eigenvalue weighted by atomic mass is 9.92. The van der Waals surface area contributed by atoms with E-state index in [4.69, 9.17) is 5.11 Å². The molecule has 1 aliphatic heterocycles. The van der Waals surface area contributed by atoms with Crippen LogP contribution in [0.2, 0.25) is 0 Å². The molecular weight excluding hydrogens is 272 g/mol. The van der Waals surface area contributed by atoms with Crippen molar-refractivity contribution in [1.82, 2.24) is 10.2 Å². The van der Waals surface area contributed by atoms with Gasteiger partial charge >= 0.3 is 5.97 Å². The lowest BCUT2D eigenvalue weighted by molar-refractivity contribution is 0.0690. The fraction of sp³-hybridized carbons (Fsp3) is 0.333. The molecule has 2 N–H and O–H groups in total. The Balaban J connectivity index is 1.87. The molecule has 0 aliphatic carbocycles. The van der Waals surface area contributed by atoms with E-state index in [2.05, 4.69) is 22.3 Å². The molecule has 1 saturated heterocycles. The summed E-state index contributed by atoms with van der Waals surface area (Å²) in [5.41, 5.74) is 3.13. The molecule has 5 heteroatoms. The molecule has 2 heterocycles. The van der Waals surface area contributed by atoms with Crippen molar-refractivity contribution in [1.29, 1.82) is 0 Å². The first-order valence-electron chi connectivity index (χ1n) is 6.71. The number of thioether (sulfide) groups is 1. The van der Waals surface area contributed by atoms with Crippen LogP contribution >= 0.6 is 11.8 Å². The second-order valence-electron chi connectivity index (χ2n) is 4.98. The van der Waals surface area contributed by atoms with Crippen molar-refractivity contribution in [2.24, 2.45) is 0 Å². The van der Waals surface area contributed by atoms with Crippen LogP contribution in [0.3, 0.4) is 0 Å². The number of carbonyl (C=O) groups is 1. The van der Waals surface area contributed by atoms with Crippen molar-refractivity contribution in [3.05, 3.63) is 41.6 Å². The number of hydrogen-bond donors (Lipinski definition) is 2. The number of carboxylic acids is 1. The summed E-state index contributed by atoms with van der Waals surface area (Å²) in [6, 6.07) is 9.89. The summed E-state index contributed by atoms with van der Waals surface area (Å²) in [4.78, 5) is 10.9. The van der Waals surface area contributed by atoms with E-state index in [-0.39, 0.29) is 5.69 Å². The molecular formula is C15H16N2O2S. The number of nitrogens with zero attached hydrogens (tertiary/aromatic N) is 1. The highest BCUT2D eigenvalue weighted by Crippen LogP contribution is 2.33. The Morgan fingerprint density at radius 3 is 2.80 bits per heavy atom. The van der Waals surface area contributed by atoms with Crippen LogP contribution in [0, 0.1) is 0 Å². The van der Waals surface area contributed by atoms with E-state index in [0.29, 0.717) is 11.6 Å². The SMILES string of the molecule is O=C(O)c1cc(-c2cccc(C3CCSCC3)c2)n[nH]1. The Morgan fingerprint density at radius 1 is 1.30 bits per heavy atom. The molecule has 0 radical (unpaired) electrons. The third-order valence-corrected chi connectivity index (χ3v) is 4.73. The zero-order chi connectivity index (χ0) is 13.9. The predicted octanol–water partition coefficient (Wildman–Crippen LogP) is 3.39. The smallest absolute Gasteiger partial charge is 0.353 e. The first-order valence-corrected chi connectivity index (χ1v) is 7.86. The van der Waals surface area contributed by atoms with Gasteiger partial charge in [-0.15, -0.1) is 0 Å². The fourth-order valence-electron chi connectivity index (χ4n) is 2.56. The van der Waals surface area contributed by atoms with E-state index >= 15 is 0 Å². The van der Waals surface area contributed by atoms with Gasteiger partial charge in [-0.05, 0) is 48.0 Å². The Hall–Kier alpha value is -1.75. The molecule has 3 rings (SSSR count). The van der Waals surface area contributed by atoms with E-state index in [1.807, 2.05) is 23.9 Å². The third kappa shape index (κ3) is 2.72. The van der Waals surface area contributed by atoms with Crippen LogP contribution in [0.15, 0.2) is 30.3 Å². The molecule has 1 aromatic heterocycles. The van der Waals surface area contributed by atoms with E-state index in [9.17, 15) is 4.79 Å². The van der Waals surface area contributed by atoms with Crippen molar-refractivity contribution in [2.75, 3.05) is 11.5 Å². The van der Waals surface area contributed by atoms with Crippen LogP contribution in [0.4, 0.5) is 0 Å². The van der Waals surface area contributed by atoms with Gasteiger partial charge in [0.15, 0.2) is 0 Å². The van der Waals surface area contributed by atoms with Crippen LogP contribution in [0.1, 0.15) is 34.8 Å². The van der Waals surface area contributed by atoms with Gasteiger partial charge in [0.1, 0.15) is 5.69 Å². The van der Waals surface area contributed by atoms with Crippen LogP contribution in [-0.4, -0.2) is 32.8 Å². The van der Waals surface area contributed by atoms with Crippen molar-refractivity contribution in [3.8, 4) is 11.3 Å². The van der Waals surface area contributed by atoms with E-state index in [1.54, 1.807) is 6.07 Å². The lowest BCUT2D eigenvalue weighted by Crippen LogP contribution is -2.07. The lowest BCUT2D eigenvalue weighted by Gasteiger charge is -2.22. The van der Waals surface area contributed by atoms with Gasteiger partial charge < -0.3 is 5.11 Å². The molecule has 0 spiro atoms. The predicted molar refractivity (Wildman–Crippen MR) is 80.3 cm³/mol. The molecule has 20 heavy (non-hydrogen) atoms. The summed E-state index contributed by atoms with van der Waals surface area (Å²) in [7, 11) is 0. The quantitative estimate of drug-likeness (QED) is 0.908. The number of benzene rings is 1. The summed E-state index contributed by atoms with van der Waals surface area (Å²) in [5, 5.41) is 15.6. The monoisotopic (exact) mass is 288 g/mol. The van der Waals surface area contributed by atoms with Crippen molar-refractivity contribution in [3.63, 3.8) is 0 Å². The molecule has 0 amide bonds. The first kappa shape index (κ1) is 13.2. The van der Waals surface area contributed by atoms with Gasteiger partial charge in [0.25, 0.3) is 0 Å². The van der Waals surface area contributed by atoms with Crippen molar-refractivity contribution in [2.45, 2.75) is 18.8 Å². The molecule has 1 aliphatic rings. The van der Waals surface area contributed by atoms with Gasteiger partial charge in [-0.1, -0.05) is 18.2 Å². The van der Waals surface area contributed by atoms with Gasteiger partial charge in [-0.2, -0.15) is 16.9 Å². The van der Waals surface area contributed by atoms with E-state index in [1.165, 1.54) is 29.9 Å². The summed E-state index contributed by atoms with van der Waals surface area (Å²) in [5.74, 6) is 2.08. The highest BCUT2D eigenvalue weighted by Gasteiger charge is 2.17. The standard InChI is InChI=1S/C15H16N2O2S/c18-15(19)14-9-13(16-17-14)12-3-1-2-11(8-12)10-4-6-20-7-5-10/h1-3,8-10H,4-7H2,(H,16,17)(H,18,19). The minimum atomic E-state index is -0.982.